The fourth-order valence-electron chi connectivity index (χ4n) is 3.86. The van der Waals surface area contributed by atoms with Gasteiger partial charge in [0.2, 0.25) is 5.91 Å². The predicted octanol–water partition coefficient (Wildman–Crippen LogP) is 4.43. The summed E-state index contributed by atoms with van der Waals surface area (Å²) >= 11 is 0. The molecule has 2 aromatic rings. The highest BCUT2D eigenvalue weighted by atomic mass is 16.4. The Bertz CT molecular complexity index is 831. The van der Waals surface area contributed by atoms with Gasteiger partial charge >= 0.3 is 5.97 Å². The minimum Gasteiger partial charge on any atom is -0.480 e. The average molecular weight is 417 g/mol. The van der Waals surface area contributed by atoms with Crippen molar-refractivity contribution in [2.45, 2.75) is 84.7 Å². The number of carboxylic acid groups (broad SMARTS) is 1. The normalized spacial score (nSPS) is 12.4. The predicted molar refractivity (Wildman–Crippen MR) is 118 cm³/mol. The van der Waals surface area contributed by atoms with Crippen molar-refractivity contribution < 1.29 is 14.7 Å². The maximum absolute atomic E-state index is 12.3. The van der Waals surface area contributed by atoms with Gasteiger partial charge in [-0.2, -0.15) is 0 Å². The highest BCUT2D eigenvalue weighted by Crippen LogP contribution is 2.17. The summed E-state index contributed by atoms with van der Waals surface area (Å²) in [6.45, 7) is 6.94. The van der Waals surface area contributed by atoms with Crippen LogP contribution in [0.1, 0.15) is 71.0 Å². The average Bonchev–Trinajstić information content (AvgIpc) is 3.02. The highest BCUT2D eigenvalue weighted by molar-refractivity contribution is 5.83. The van der Waals surface area contributed by atoms with Gasteiger partial charge < -0.3 is 14.6 Å². The molecule has 7 heteroatoms. The first-order chi connectivity index (χ1) is 14.3. The van der Waals surface area contributed by atoms with Crippen molar-refractivity contribution >= 4 is 22.9 Å². The Morgan fingerprint density at radius 3 is 2.47 bits per heavy atom. The van der Waals surface area contributed by atoms with Crippen LogP contribution in [0.5, 0.6) is 0 Å². The molecule has 1 atom stereocenters. The molecular formula is C23H36N4O3. The van der Waals surface area contributed by atoms with E-state index in [2.05, 4.69) is 14.5 Å². The van der Waals surface area contributed by atoms with Crippen LogP contribution in [-0.2, 0) is 16.1 Å². The van der Waals surface area contributed by atoms with Crippen LogP contribution in [-0.4, -0.2) is 49.5 Å². The van der Waals surface area contributed by atoms with Crippen molar-refractivity contribution in [1.82, 2.24) is 19.4 Å². The number of imidazole rings is 1. The van der Waals surface area contributed by atoms with E-state index in [1.165, 1.54) is 4.90 Å². The van der Waals surface area contributed by atoms with Crippen LogP contribution in [0.2, 0.25) is 0 Å². The lowest BCUT2D eigenvalue weighted by Crippen LogP contribution is -2.43. The van der Waals surface area contributed by atoms with E-state index in [0.717, 1.165) is 61.9 Å². The molecule has 0 fully saturated rings. The third-order valence-electron chi connectivity index (χ3n) is 5.60. The molecule has 0 aliphatic heterocycles. The van der Waals surface area contributed by atoms with Gasteiger partial charge in [-0.15, -0.1) is 0 Å². The largest absolute Gasteiger partial charge is 0.480 e. The number of carbonyl (C=O) groups excluding carboxylic acids is 1. The van der Waals surface area contributed by atoms with Gasteiger partial charge in [0.25, 0.3) is 0 Å². The minimum atomic E-state index is -0.920. The number of amides is 1. The van der Waals surface area contributed by atoms with Crippen LogP contribution < -0.4 is 0 Å². The number of hydrogen-bond donors (Lipinski definition) is 1. The third-order valence-corrected chi connectivity index (χ3v) is 5.60. The molecule has 0 saturated carbocycles. The summed E-state index contributed by atoms with van der Waals surface area (Å²) in [5, 5.41) is 9.37. The quantitative estimate of drug-likeness (QED) is 0.488. The van der Waals surface area contributed by atoms with Crippen LogP contribution in [0.4, 0.5) is 0 Å². The maximum atomic E-state index is 12.3. The zero-order valence-corrected chi connectivity index (χ0v) is 18.8. The molecule has 166 valence electrons. The van der Waals surface area contributed by atoms with Gasteiger partial charge in [0, 0.05) is 26.2 Å². The first kappa shape index (κ1) is 23.8. The standard InChI is InChI=1S/C23H36N4O3/c1-17(2)15-21(23(29)30)26(4)22(28)11-9-7-5-6-8-10-14-27-18(3)25-19-16-24-13-12-20(19)27/h12-13,16-17,21H,5-11,14-15H2,1-4H3,(H,29,30)/t21-/m0/s1. The number of likely N-dealkylation sites (N-methyl/N-ethyl adjacent to an activating group) is 1. The summed E-state index contributed by atoms with van der Waals surface area (Å²) in [6, 6.07) is 1.29. The number of rotatable bonds is 13. The molecule has 0 aliphatic rings. The number of aliphatic carboxylic acids is 1. The number of aromatic nitrogens is 3. The minimum absolute atomic E-state index is 0.0694. The summed E-state index contributed by atoms with van der Waals surface area (Å²) in [5.41, 5.74) is 2.09. The van der Waals surface area contributed by atoms with Crippen molar-refractivity contribution in [1.29, 1.82) is 0 Å². The topological polar surface area (TPSA) is 88.3 Å². The van der Waals surface area contributed by atoms with Gasteiger partial charge in [-0.1, -0.05) is 39.5 Å². The molecule has 2 heterocycles. The summed E-state index contributed by atoms with van der Waals surface area (Å²) in [6.07, 6.45) is 10.8. The lowest BCUT2D eigenvalue weighted by Gasteiger charge is -2.26. The summed E-state index contributed by atoms with van der Waals surface area (Å²) in [7, 11) is 1.61. The monoisotopic (exact) mass is 416 g/mol. The van der Waals surface area contributed by atoms with Gasteiger partial charge in [-0.05, 0) is 38.2 Å². The highest BCUT2D eigenvalue weighted by Gasteiger charge is 2.26. The van der Waals surface area contributed by atoms with E-state index in [0.29, 0.717) is 12.8 Å². The second-order valence-corrected chi connectivity index (χ2v) is 8.53. The molecule has 30 heavy (non-hydrogen) atoms. The van der Waals surface area contributed by atoms with E-state index in [-0.39, 0.29) is 11.8 Å². The number of hydrogen-bond acceptors (Lipinski definition) is 4. The summed E-state index contributed by atoms with van der Waals surface area (Å²) < 4.78 is 2.25. The van der Waals surface area contributed by atoms with Gasteiger partial charge in [-0.25, -0.2) is 9.78 Å². The number of unbranched alkanes of at least 4 members (excludes halogenated alkanes) is 5. The van der Waals surface area contributed by atoms with Crippen LogP contribution in [0.15, 0.2) is 18.5 Å². The molecule has 0 aliphatic carbocycles. The lowest BCUT2D eigenvalue weighted by atomic mass is 10.0. The summed E-state index contributed by atoms with van der Waals surface area (Å²) in [4.78, 5) is 33.8. The molecule has 0 saturated heterocycles. The van der Waals surface area contributed by atoms with Crippen molar-refractivity contribution in [3.05, 3.63) is 24.3 Å². The molecule has 0 spiro atoms. The molecule has 7 nitrogen and oxygen atoms in total. The summed E-state index contributed by atoms with van der Waals surface area (Å²) in [5.74, 6) is 0.275. The van der Waals surface area contributed by atoms with Gasteiger partial charge in [0.15, 0.2) is 0 Å². The molecule has 1 amide bonds. The Hall–Kier alpha value is -2.44. The van der Waals surface area contributed by atoms with E-state index < -0.39 is 12.0 Å². The van der Waals surface area contributed by atoms with Crippen LogP contribution >= 0.6 is 0 Å². The molecule has 0 radical (unpaired) electrons. The molecule has 2 rings (SSSR count). The fourth-order valence-corrected chi connectivity index (χ4v) is 3.86. The van der Waals surface area contributed by atoms with E-state index in [4.69, 9.17) is 0 Å². The van der Waals surface area contributed by atoms with E-state index in [1.54, 1.807) is 19.4 Å². The Balaban J connectivity index is 1.62. The first-order valence-electron chi connectivity index (χ1n) is 11.1. The number of carbonyl (C=O) groups is 2. The SMILES string of the molecule is Cc1nc2cnccc2n1CCCCCCCCC(=O)N(C)[C@@H](CC(C)C)C(=O)O. The Morgan fingerprint density at radius 1 is 1.13 bits per heavy atom. The van der Waals surface area contributed by atoms with Gasteiger partial charge in [-0.3, -0.25) is 9.78 Å². The van der Waals surface area contributed by atoms with E-state index in [1.807, 2.05) is 26.8 Å². The van der Waals surface area contributed by atoms with E-state index in [9.17, 15) is 14.7 Å². The molecule has 0 bridgehead atoms. The number of aryl methyl sites for hydroxylation is 2. The Kier molecular flexibility index (Phi) is 9.27. The second-order valence-electron chi connectivity index (χ2n) is 8.53. The van der Waals surface area contributed by atoms with Crippen molar-refractivity contribution in [2.24, 2.45) is 5.92 Å². The number of nitrogens with zero attached hydrogens (tertiary/aromatic N) is 4. The zero-order valence-electron chi connectivity index (χ0n) is 18.8. The van der Waals surface area contributed by atoms with Gasteiger partial charge in [0.1, 0.15) is 17.4 Å². The Labute approximate surface area is 179 Å². The maximum Gasteiger partial charge on any atom is 0.326 e. The fraction of sp³-hybridized carbons (Fsp3) is 0.652. The van der Waals surface area contributed by atoms with Crippen LogP contribution in [0.3, 0.4) is 0 Å². The van der Waals surface area contributed by atoms with Crippen molar-refractivity contribution in [3.8, 4) is 0 Å². The zero-order chi connectivity index (χ0) is 22.1. The Morgan fingerprint density at radius 2 is 1.80 bits per heavy atom. The number of pyridine rings is 1. The van der Waals surface area contributed by atoms with Crippen molar-refractivity contribution in [3.63, 3.8) is 0 Å². The second kappa shape index (κ2) is 11.7. The van der Waals surface area contributed by atoms with Gasteiger partial charge in [0.05, 0.1) is 11.7 Å². The van der Waals surface area contributed by atoms with Crippen LogP contribution in [0, 0.1) is 12.8 Å². The van der Waals surface area contributed by atoms with Crippen molar-refractivity contribution in [2.75, 3.05) is 7.05 Å². The molecule has 2 aromatic heterocycles. The van der Waals surface area contributed by atoms with E-state index >= 15 is 0 Å². The first-order valence-corrected chi connectivity index (χ1v) is 11.1. The molecular weight excluding hydrogens is 380 g/mol. The smallest absolute Gasteiger partial charge is 0.326 e. The molecule has 1 N–H and O–H groups in total. The number of fused-ring (bicyclic) bond motifs is 1. The van der Waals surface area contributed by atoms with Crippen LogP contribution in [0.25, 0.3) is 11.0 Å². The number of carboxylic acids is 1. The lowest BCUT2D eigenvalue weighted by molar-refractivity contribution is -0.149. The molecule has 0 unspecified atom stereocenters. The third kappa shape index (κ3) is 6.82. The molecule has 0 aromatic carbocycles.